The van der Waals surface area contributed by atoms with Crippen molar-refractivity contribution in [2.45, 2.75) is 13.2 Å². The van der Waals surface area contributed by atoms with Crippen LogP contribution in [0.5, 0.6) is 11.5 Å². The quantitative estimate of drug-likeness (QED) is 0.610. The van der Waals surface area contributed by atoms with Crippen LogP contribution in [0.25, 0.3) is 11.5 Å². The molecule has 3 rings (SSSR count). The van der Waals surface area contributed by atoms with Crippen LogP contribution in [0.15, 0.2) is 46.9 Å². The number of methoxy groups -OCH3 is 2. The van der Waals surface area contributed by atoms with Crippen molar-refractivity contribution in [1.82, 2.24) is 9.78 Å². The van der Waals surface area contributed by atoms with Crippen molar-refractivity contribution in [3.05, 3.63) is 57.9 Å². The molecule has 0 amide bonds. The molecule has 0 aliphatic rings. The maximum Gasteiger partial charge on any atom is 0.292 e. The van der Waals surface area contributed by atoms with E-state index in [0.29, 0.717) is 33.9 Å². The molecule has 1 aromatic heterocycles. The maximum atomic E-state index is 6.04. The molecule has 0 fully saturated rings. The fraction of sp³-hybridized carbons (Fsp3) is 0.263. The summed E-state index contributed by atoms with van der Waals surface area (Å²) in [4.78, 5) is 1.51. The van der Waals surface area contributed by atoms with E-state index in [1.807, 2.05) is 30.3 Å². The van der Waals surface area contributed by atoms with Gasteiger partial charge in [-0.3, -0.25) is 0 Å². The molecule has 0 saturated heterocycles. The Labute approximate surface area is 167 Å². The number of hydrogen-bond donors (Lipinski definition) is 1. The van der Waals surface area contributed by atoms with E-state index in [1.54, 1.807) is 31.0 Å². The lowest BCUT2D eigenvalue weighted by Crippen LogP contribution is -3.07. The topological polar surface area (TPSA) is 53.9 Å². The first-order valence-electron chi connectivity index (χ1n) is 8.36. The number of halogens is 1. The standard InChI is InChI=1S/C19H20ClN3O3S/c1-22(11-13-7-8-16(24-2)17(9-13)25-3)12-23-19(27)26-18(21-23)14-5-4-6-15(20)10-14/h4-10H,11-12H2,1-3H3/p+1. The number of hydrogen-bond acceptors (Lipinski definition) is 5. The molecular weight excluding hydrogens is 386 g/mol. The number of benzene rings is 2. The zero-order chi connectivity index (χ0) is 19.4. The molecule has 0 spiro atoms. The molecule has 6 nitrogen and oxygen atoms in total. The Kier molecular flexibility index (Phi) is 6.15. The zero-order valence-corrected chi connectivity index (χ0v) is 16.9. The summed E-state index contributed by atoms with van der Waals surface area (Å²) in [6.45, 7) is 1.33. The molecule has 8 heteroatoms. The monoisotopic (exact) mass is 406 g/mol. The van der Waals surface area contributed by atoms with Gasteiger partial charge in [0.1, 0.15) is 6.54 Å². The molecule has 0 saturated carbocycles. The van der Waals surface area contributed by atoms with E-state index in [9.17, 15) is 0 Å². The first-order valence-corrected chi connectivity index (χ1v) is 9.15. The van der Waals surface area contributed by atoms with E-state index >= 15 is 0 Å². The number of ether oxygens (including phenoxy) is 2. The van der Waals surface area contributed by atoms with Crippen molar-refractivity contribution in [1.29, 1.82) is 0 Å². The molecule has 1 atom stereocenters. The van der Waals surface area contributed by atoms with Gasteiger partial charge in [-0.2, -0.15) is 4.68 Å². The summed E-state index contributed by atoms with van der Waals surface area (Å²) in [7, 11) is 5.31. The molecule has 0 aliphatic heterocycles. The molecule has 27 heavy (non-hydrogen) atoms. The summed E-state index contributed by atoms with van der Waals surface area (Å²) in [6.07, 6.45) is 0. The largest absolute Gasteiger partial charge is 0.493 e. The van der Waals surface area contributed by atoms with Gasteiger partial charge in [-0.1, -0.05) is 17.7 Å². The first kappa shape index (κ1) is 19.4. The summed E-state index contributed by atoms with van der Waals surface area (Å²) in [5, 5.41) is 5.11. The van der Waals surface area contributed by atoms with Crippen LogP contribution >= 0.6 is 23.8 Å². The number of nitrogens with one attached hydrogen (secondary N) is 1. The summed E-state index contributed by atoms with van der Waals surface area (Å²) in [5.74, 6) is 1.88. The van der Waals surface area contributed by atoms with Gasteiger partial charge >= 0.3 is 0 Å². The molecule has 3 aromatic rings. The molecule has 0 radical (unpaired) electrons. The van der Waals surface area contributed by atoms with Gasteiger partial charge < -0.3 is 18.8 Å². The molecule has 0 aliphatic carbocycles. The van der Waals surface area contributed by atoms with Gasteiger partial charge in [0.15, 0.2) is 18.2 Å². The smallest absolute Gasteiger partial charge is 0.292 e. The highest BCUT2D eigenvalue weighted by molar-refractivity contribution is 7.71. The van der Waals surface area contributed by atoms with Crippen molar-refractivity contribution in [3.63, 3.8) is 0 Å². The summed E-state index contributed by atoms with van der Waals surface area (Å²) < 4.78 is 18.0. The number of nitrogens with zero attached hydrogens (tertiary/aromatic N) is 2. The minimum absolute atomic E-state index is 0.330. The van der Waals surface area contributed by atoms with Crippen LogP contribution in [0.4, 0.5) is 0 Å². The molecule has 0 bridgehead atoms. The molecule has 1 unspecified atom stereocenters. The second-order valence-electron chi connectivity index (χ2n) is 6.16. The lowest BCUT2D eigenvalue weighted by Gasteiger charge is -2.15. The maximum absolute atomic E-state index is 6.04. The zero-order valence-electron chi connectivity index (χ0n) is 15.4. The van der Waals surface area contributed by atoms with E-state index in [0.717, 1.165) is 17.7 Å². The van der Waals surface area contributed by atoms with Gasteiger partial charge in [0.25, 0.3) is 4.84 Å². The predicted molar refractivity (Wildman–Crippen MR) is 106 cm³/mol. The highest BCUT2D eigenvalue weighted by Gasteiger charge is 2.13. The van der Waals surface area contributed by atoms with Gasteiger partial charge in [-0.15, -0.1) is 5.10 Å². The SMILES string of the molecule is COc1ccc(C[NH+](C)Cn2nc(-c3cccc(Cl)c3)oc2=S)cc1OC. The van der Waals surface area contributed by atoms with E-state index in [2.05, 4.69) is 12.1 Å². The molecule has 142 valence electrons. The third-order valence-corrected chi connectivity index (χ3v) is 4.58. The van der Waals surface area contributed by atoms with Crippen LogP contribution in [0, 0.1) is 4.84 Å². The average molecular weight is 407 g/mol. The summed E-state index contributed by atoms with van der Waals surface area (Å²) in [6, 6.07) is 13.2. The molecular formula is C19H21ClN3O3S+. The van der Waals surface area contributed by atoms with Gasteiger partial charge in [0.05, 0.1) is 21.3 Å². The van der Waals surface area contributed by atoms with Crippen LogP contribution < -0.4 is 14.4 Å². The minimum atomic E-state index is 0.330. The normalized spacial score (nSPS) is 12.0. The van der Waals surface area contributed by atoms with Crippen LogP contribution in [0.1, 0.15) is 5.56 Å². The fourth-order valence-electron chi connectivity index (χ4n) is 2.79. The second kappa shape index (κ2) is 8.56. The van der Waals surface area contributed by atoms with Gasteiger partial charge in [0, 0.05) is 16.1 Å². The molecule has 1 heterocycles. The number of quaternary nitrogens is 1. The van der Waals surface area contributed by atoms with Crippen molar-refractivity contribution >= 4 is 23.8 Å². The Hall–Kier alpha value is -2.35. The van der Waals surface area contributed by atoms with Crippen molar-refractivity contribution in [2.24, 2.45) is 0 Å². The lowest BCUT2D eigenvalue weighted by molar-refractivity contribution is -0.917. The van der Waals surface area contributed by atoms with E-state index < -0.39 is 0 Å². The van der Waals surface area contributed by atoms with Crippen molar-refractivity contribution in [2.75, 3.05) is 21.3 Å². The van der Waals surface area contributed by atoms with Gasteiger partial charge in [0.2, 0.25) is 5.89 Å². The summed E-state index contributed by atoms with van der Waals surface area (Å²) in [5.41, 5.74) is 1.92. The van der Waals surface area contributed by atoms with Gasteiger partial charge in [-0.25, -0.2) is 0 Å². The predicted octanol–water partition coefficient (Wildman–Crippen LogP) is 3.22. The van der Waals surface area contributed by atoms with Crippen molar-refractivity contribution < 1.29 is 18.8 Å². The van der Waals surface area contributed by atoms with Crippen LogP contribution in [-0.2, 0) is 13.2 Å². The fourth-order valence-corrected chi connectivity index (χ4v) is 3.17. The van der Waals surface area contributed by atoms with Crippen molar-refractivity contribution in [3.8, 4) is 23.0 Å². The van der Waals surface area contributed by atoms with E-state index in [1.165, 1.54) is 4.90 Å². The van der Waals surface area contributed by atoms with Crippen LogP contribution in [0.3, 0.4) is 0 Å². The third-order valence-electron chi connectivity index (χ3n) is 4.05. The number of aromatic nitrogens is 2. The van der Waals surface area contributed by atoms with Crippen LogP contribution in [0.2, 0.25) is 5.02 Å². The highest BCUT2D eigenvalue weighted by atomic mass is 35.5. The third kappa shape index (κ3) is 4.68. The van der Waals surface area contributed by atoms with Gasteiger partial charge in [-0.05, 0) is 48.6 Å². The number of rotatable bonds is 7. The summed E-state index contributed by atoms with van der Waals surface area (Å²) >= 11 is 11.3. The Morgan fingerprint density at radius 2 is 1.93 bits per heavy atom. The molecule has 1 N–H and O–H groups in total. The van der Waals surface area contributed by atoms with E-state index in [-0.39, 0.29) is 0 Å². The average Bonchev–Trinajstić information content (AvgIpc) is 3.02. The Morgan fingerprint density at radius 1 is 1.15 bits per heavy atom. The Balaban J connectivity index is 1.73. The Bertz CT molecular complexity index is 986. The van der Waals surface area contributed by atoms with E-state index in [4.69, 9.17) is 37.7 Å². The Morgan fingerprint density at radius 3 is 2.63 bits per heavy atom. The van der Waals surface area contributed by atoms with Crippen LogP contribution in [-0.4, -0.2) is 31.0 Å². The second-order valence-corrected chi connectivity index (χ2v) is 6.95. The minimum Gasteiger partial charge on any atom is -0.493 e. The lowest BCUT2D eigenvalue weighted by atomic mass is 10.2. The first-order chi connectivity index (χ1) is 13.0. The highest BCUT2D eigenvalue weighted by Crippen LogP contribution is 2.27. The molecule has 2 aromatic carbocycles.